The van der Waals surface area contributed by atoms with Gasteiger partial charge in [0, 0.05) is 30.0 Å². The standard InChI is InChI=1S/C12H22N2O3S/c1-4-17-11(16)9-8-18-6-5-14(9)10(15)7-12(2,3)13/h9H,4-8,13H2,1-3H3. The van der Waals surface area contributed by atoms with Gasteiger partial charge in [0.2, 0.25) is 5.91 Å². The summed E-state index contributed by atoms with van der Waals surface area (Å²) in [6.45, 7) is 6.31. The number of hydrogen-bond donors (Lipinski definition) is 1. The van der Waals surface area contributed by atoms with Crippen molar-refractivity contribution in [3.63, 3.8) is 0 Å². The third-order valence-electron chi connectivity index (χ3n) is 2.61. The Morgan fingerprint density at radius 3 is 2.72 bits per heavy atom. The van der Waals surface area contributed by atoms with Gasteiger partial charge in [-0.25, -0.2) is 4.79 Å². The molecule has 1 rings (SSSR count). The van der Waals surface area contributed by atoms with E-state index in [1.54, 1.807) is 23.6 Å². The molecule has 1 amide bonds. The lowest BCUT2D eigenvalue weighted by Gasteiger charge is -2.35. The summed E-state index contributed by atoms with van der Waals surface area (Å²) < 4.78 is 5.01. The van der Waals surface area contributed by atoms with Crippen LogP contribution in [0.3, 0.4) is 0 Å². The van der Waals surface area contributed by atoms with E-state index in [2.05, 4.69) is 0 Å². The predicted octanol–water partition coefficient (Wildman–Crippen LogP) is 0.621. The first-order valence-electron chi connectivity index (χ1n) is 6.18. The van der Waals surface area contributed by atoms with E-state index in [4.69, 9.17) is 10.5 Å². The summed E-state index contributed by atoms with van der Waals surface area (Å²) in [6, 6.07) is -0.460. The highest BCUT2D eigenvalue weighted by Gasteiger charge is 2.34. The number of esters is 1. The quantitative estimate of drug-likeness (QED) is 0.761. The number of nitrogens with zero attached hydrogens (tertiary/aromatic N) is 1. The summed E-state index contributed by atoms with van der Waals surface area (Å²) in [6.07, 6.45) is 0.244. The van der Waals surface area contributed by atoms with Gasteiger partial charge in [0.25, 0.3) is 0 Å². The molecule has 1 aliphatic heterocycles. The molecule has 0 aliphatic carbocycles. The number of thioether (sulfide) groups is 1. The van der Waals surface area contributed by atoms with E-state index in [1.807, 2.05) is 13.8 Å². The number of rotatable bonds is 4. The van der Waals surface area contributed by atoms with Crippen molar-refractivity contribution in [2.45, 2.75) is 38.8 Å². The zero-order valence-electron chi connectivity index (χ0n) is 11.3. The first-order chi connectivity index (χ1) is 8.35. The summed E-state index contributed by atoms with van der Waals surface area (Å²) in [5.41, 5.74) is 5.30. The van der Waals surface area contributed by atoms with Crippen LogP contribution >= 0.6 is 11.8 Å². The number of carbonyl (C=O) groups is 2. The van der Waals surface area contributed by atoms with Crippen molar-refractivity contribution in [1.82, 2.24) is 4.90 Å². The van der Waals surface area contributed by atoms with Crippen LogP contribution in [0.5, 0.6) is 0 Å². The smallest absolute Gasteiger partial charge is 0.329 e. The molecule has 1 unspecified atom stereocenters. The normalized spacial score (nSPS) is 20.7. The van der Waals surface area contributed by atoms with Gasteiger partial charge in [-0.2, -0.15) is 11.8 Å². The lowest BCUT2D eigenvalue weighted by molar-refractivity contribution is -0.154. The summed E-state index contributed by atoms with van der Waals surface area (Å²) in [4.78, 5) is 25.6. The van der Waals surface area contributed by atoms with Crippen LogP contribution in [0.4, 0.5) is 0 Å². The monoisotopic (exact) mass is 274 g/mol. The van der Waals surface area contributed by atoms with Crippen molar-refractivity contribution in [3.05, 3.63) is 0 Å². The molecule has 104 valence electrons. The number of hydrogen-bond acceptors (Lipinski definition) is 5. The Bertz CT molecular complexity index is 315. The SMILES string of the molecule is CCOC(=O)C1CSCCN1C(=O)CC(C)(C)N. The van der Waals surface area contributed by atoms with Crippen molar-refractivity contribution < 1.29 is 14.3 Å². The highest BCUT2D eigenvalue weighted by atomic mass is 32.2. The molecule has 0 spiro atoms. The third kappa shape index (κ3) is 4.49. The molecule has 0 aromatic rings. The second kappa shape index (κ2) is 6.43. The zero-order chi connectivity index (χ0) is 13.8. The van der Waals surface area contributed by atoms with Crippen molar-refractivity contribution >= 4 is 23.6 Å². The van der Waals surface area contributed by atoms with E-state index < -0.39 is 11.6 Å². The van der Waals surface area contributed by atoms with Crippen molar-refractivity contribution in [2.24, 2.45) is 5.73 Å². The van der Waals surface area contributed by atoms with E-state index >= 15 is 0 Å². The molecule has 0 aromatic carbocycles. The van der Waals surface area contributed by atoms with Crippen LogP contribution in [0.25, 0.3) is 0 Å². The minimum absolute atomic E-state index is 0.0687. The maximum absolute atomic E-state index is 12.2. The second-order valence-electron chi connectivity index (χ2n) is 5.10. The van der Waals surface area contributed by atoms with E-state index in [0.29, 0.717) is 18.9 Å². The average Bonchev–Trinajstić information content (AvgIpc) is 2.27. The molecule has 6 heteroatoms. The van der Waals surface area contributed by atoms with Crippen LogP contribution in [-0.2, 0) is 14.3 Å². The van der Waals surface area contributed by atoms with Gasteiger partial charge in [-0.05, 0) is 20.8 Å². The number of nitrogens with two attached hydrogens (primary N) is 1. The molecular weight excluding hydrogens is 252 g/mol. The Hall–Kier alpha value is -0.750. The largest absolute Gasteiger partial charge is 0.464 e. The molecule has 0 saturated carbocycles. The van der Waals surface area contributed by atoms with Gasteiger partial charge < -0.3 is 15.4 Å². The molecule has 1 saturated heterocycles. The van der Waals surface area contributed by atoms with Gasteiger partial charge in [0.1, 0.15) is 6.04 Å². The fraction of sp³-hybridized carbons (Fsp3) is 0.833. The topological polar surface area (TPSA) is 72.6 Å². The average molecular weight is 274 g/mol. The van der Waals surface area contributed by atoms with Crippen molar-refractivity contribution in [2.75, 3.05) is 24.7 Å². The fourth-order valence-electron chi connectivity index (χ4n) is 1.83. The van der Waals surface area contributed by atoms with Gasteiger partial charge in [0.15, 0.2) is 0 Å². The number of ether oxygens (including phenoxy) is 1. The van der Waals surface area contributed by atoms with Gasteiger partial charge in [-0.3, -0.25) is 4.79 Å². The van der Waals surface area contributed by atoms with Crippen LogP contribution in [0, 0.1) is 0 Å². The lowest BCUT2D eigenvalue weighted by Crippen LogP contribution is -2.53. The maximum atomic E-state index is 12.2. The van der Waals surface area contributed by atoms with E-state index in [9.17, 15) is 9.59 Å². The third-order valence-corrected chi connectivity index (χ3v) is 3.64. The lowest BCUT2D eigenvalue weighted by atomic mass is 10.0. The molecule has 1 fully saturated rings. The van der Waals surface area contributed by atoms with Crippen LogP contribution in [0.1, 0.15) is 27.2 Å². The predicted molar refractivity (Wildman–Crippen MR) is 72.3 cm³/mol. The summed E-state index contributed by atoms with van der Waals surface area (Å²) in [5.74, 6) is 1.08. The Morgan fingerprint density at radius 1 is 1.50 bits per heavy atom. The second-order valence-corrected chi connectivity index (χ2v) is 6.25. The molecule has 1 atom stereocenters. The van der Waals surface area contributed by atoms with Gasteiger partial charge in [-0.15, -0.1) is 0 Å². The van der Waals surface area contributed by atoms with E-state index in [-0.39, 0.29) is 18.3 Å². The van der Waals surface area contributed by atoms with Crippen molar-refractivity contribution in [3.8, 4) is 0 Å². The first-order valence-corrected chi connectivity index (χ1v) is 7.33. The van der Waals surface area contributed by atoms with Crippen LogP contribution in [0.15, 0.2) is 0 Å². The highest BCUT2D eigenvalue weighted by Crippen LogP contribution is 2.20. The zero-order valence-corrected chi connectivity index (χ0v) is 12.1. The highest BCUT2D eigenvalue weighted by molar-refractivity contribution is 7.99. The van der Waals surface area contributed by atoms with E-state index in [1.165, 1.54) is 0 Å². The summed E-state index contributed by atoms with van der Waals surface area (Å²) in [5, 5.41) is 0. The first kappa shape index (κ1) is 15.3. The minimum Gasteiger partial charge on any atom is -0.464 e. The molecule has 2 N–H and O–H groups in total. The van der Waals surface area contributed by atoms with E-state index in [0.717, 1.165) is 5.75 Å². The molecule has 1 aliphatic rings. The summed E-state index contributed by atoms with van der Waals surface area (Å²) in [7, 11) is 0. The minimum atomic E-state index is -0.555. The Kier molecular flexibility index (Phi) is 5.47. The Labute approximate surface area is 112 Å². The Balaban J connectivity index is 2.70. The molecule has 0 aromatic heterocycles. The molecule has 0 bridgehead atoms. The van der Waals surface area contributed by atoms with Gasteiger partial charge in [-0.1, -0.05) is 0 Å². The molecular formula is C12H22N2O3S. The van der Waals surface area contributed by atoms with Gasteiger partial charge >= 0.3 is 5.97 Å². The number of carbonyl (C=O) groups excluding carboxylic acids is 2. The molecule has 18 heavy (non-hydrogen) atoms. The molecule has 1 heterocycles. The number of amides is 1. The van der Waals surface area contributed by atoms with Crippen LogP contribution < -0.4 is 5.73 Å². The Morgan fingerprint density at radius 2 is 2.17 bits per heavy atom. The van der Waals surface area contributed by atoms with Crippen LogP contribution in [-0.4, -0.2) is 53.0 Å². The fourth-order valence-corrected chi connectivity index (χ4v) is 2.86. The summed E-state index contributed by atoms with van der Waals surface area (Å²) >= 11 is 1.67. The molecule has 5 nitrogen and oxygen atoms in total. The maximum Gasteiger partial charge on any atom is 0.329 e. The van der Waals surface area contributed by atoms with Crippen LogP contribution in [0.2, 0.25) is 0 Å². The molecule has 0 radical (unpaired) electrons. The van der Waals surface area contributed by atoms with Crippen molar-refractivity contribution in [1.29, 1.82) is 0 Å². The van der Waals surface area contributed by atoms with Gasteiger partial charge in [0.05, 0.1) is 6.61 Å².